The Bertz CT molecular complexity index is 754. The lowest BCUT2D eigenvalue weighted by molar-refractivity contribution is -0.118. The molecule has 2 N–H and O–H groups in total. The molecule has 2 amide bonds. The van der Waals surface area contributed by atoms with Gasteiger partial charge in [-0.1, -0.05) is 6.07 Å². The summed E-state index contributed by atoms with van der Waals surface area (Å²) in [4.78, 5) is 25.3. The zero-order valence-electron chi connectivity index (χ0n) is 13.4. The second kappa shape index (κ2) is 6.52. The number of benzene rings is 1. The highest BCUT2D eigenvalue weighted by atomic mass is 32.1. The second-order valence-electron chi connectivity index (χ2n) is 5.54. The van der Waals surface area contributed by atoms with Crippen molar-refractivity contribution in [1.29, 1.82) is 0 Å². The molecule has 1 heterocycles. The molecule has 0 atom stereocenters. The number of hydrogen-bond acceptors (Lipinski definition) is 5. The first-order chi connectivity index (χ1) is 11.6. The molecule has 6 nitrogen and oxygen atoms in total. The summed E-state index contributed by atoms with van der Waals surface area (Å²) < 4.78 is 10.4. The van der Waals surface area contributed by atoms with Crippen LogP contribution in [0.15, 0.2) is 35.7 Å². The summed E-state index contributed by atoms with van der Waals surface area (Å²) in [6, 6.07) is 8.69. The van der Waals surface area contributed by atoms with Crippen LogP contribution in [0.1, 0.15) is 22.5 Å². The first kappa shape index (κ1) is 16.3. The van der Waals surface area contributed by atoms with E-state index >= 15 is 0 Å². The summed E-state index contributed by atoms with van der Waals surface area (Å²) >= 11 is 1.35. The van der Waals surface area contributed by atoms with Crippen molar-refractivity contribution in [2.75, 3.05) is 19.5 Å². The number of carbonyl (C=O) groups is 2. The summed E-state index contributed by atoms with van der Waals surface area (Å²) in [5, 5.41) is 7.51. The van der Waals surface area contributed by atoms with Gasteiger partial charge in [0.1, 0.15) is 5.54 Å². The minimum absolute atomic E-state index is 0.218. The Labute approximate surface area is 143 Å². The standard InChI is InChI=1S/C17H18N2O4S/c1-22-12-6-5-11(10-13(12)23-2)18-16(21)17(7-8-17)19-15(20)14-4-3-9-24-14/h3-6,9-10H,7-8H2,1-2H3,(H,18,21)(H,19,20). The number of anilines is 1. The fraction of sp³-hybridized carbons (Fsp3) is 0.294. The molecular weight excluding hydrogens is 328 g/mol. The fourth-order valence-corrected chi connectivity index (χ4v) is 3.00. The smallest absolute Gasteiger partial charge is 0.262 e. The van der Waals surface area contributed by atoms with Gasteiger partial charge in [-0.05, 0) is 36.4 Å². The molecule has 0 radical (unpaired) electrons. The number of hydrogen-bond donors (Lipinski definition) is 2. The number of thiophene rings is 1. The Kier molecular flexibility index (Phi) is 4.44. The van der Waals surface area contributed by atoms with Crippen LogP contribution in [0, 0.1) is 0 Å². The van der Waals surface area contributed by atoms with Crippen molar-refractivity contribution in [2.45, 2.75) is 18.4 Å². The number of amides is 2. The predicted octanol–water partition coefficient (Wildman–Crippen LogP) is 2.67. The molecule has 1 aliphatic carbocycles. The van der Waals surface area contributed by atoms with E-state index in [0.717, 1.165) is 0 Å². The van der Waals surface area contributed by atoms with Crippen LogP contribution in [-0.4, -0.2) is 31.6 Å². The van der Waals surface area contributed by atoms with E-state index in [9.17, 15) is 9.59 Å². The average molecular weight is 346 g/mol. The summed E-state index contributed by atoms with van der Waals surface area (Å²) in [5.74, 6) is 0.676. The van der Waals surface area contributed by atoms with Gasteiger partial charge in [-0.15, -0.1) is 11.3 Å². The Hall–Kier alpha value is -2.54. The minimum Gasteiger partial charge on any atom is -0.493 e. The van der Waals surface area contributed by atoms with Crippen LogP contribution < -0.4 is 20.1 Å². The van der Waals surface area contributed by atoms with E-state index in [-0.39, 0.29) is 11.8 Å². The van der Waals surface area contributed by atoms with Crippen LogP contribution in [0.4, 0.5) is 5.69 Å². The van der Waals surface area contributed by atoms with Crippen molar-refractivity contribution >= 4 is 28.8 Å². The van der Waals surface area contributed by atoms with E-state index < -0.39 is 5.54 Å². The highest BCUT2D eigenvalue weighted by molar-refractivity contribution is 7.12. The Morgan fingerprint density at radius 2 is 1.88 bits per heavy atom. The van der Waals surface area contributed by atoms with Crippen LogP contribution in [0.25, 0.3) is 0 Å². The van der Waals surface area contributed by atoms with Gasteiger partial charge in [0.15, 0.2) is 11.5 Å². The van der Waals surface area contributed by atoms with Crippen molar-refractivity contribution in [1.82, 2.24) is 5.32 Å². The predicted molar refractivity (Wildman–Crippen MR) is 91.9 cm³/mol. The molecule has 0 aliphatic heterocycles. The summed E-state index contributed by atoms with van der Waals surface area (Å²) in [5.41, 5.74) is -0.233. The average Bonchev–Trinajstić information content (AvgIpc) is 3.16. The van der Waals surface area contributed by atoms with E-state index in [1.165, 1.54) is 18.4 Å². The van der Waals surface area contributed by atoms with E-state index in [1.807, 2.05) is 11.4 Å². The zero-order chi connectivity index (χ0) is 17.2. The topological polar surface area (TPSA) is 76.7 Å². The molecule has 24 heavy (non-hydrogen) atoms. The molecule has 3 rings (SSSR count). The number of rotatable bonds is 6. The van der Waals surface area contributed by atoms with Crippen molar-refractivity contribution < 1.29 is 19.1 Å². The Balaban J connectivity index is 1.69. The molecule has 0 spiro atoms. The molecule has 0 saturated heterocycles. The molecule has 7 heteroatoms. The van der Waals surface area contributed by atoms with Gasteiger partial charge in [-0.25, -0.2) is 0 Å². The maximum absolute atomic E-state index is 12.6. The quantitative estimate of drug-likeness (QED) is 0.843. The van der Waals surface area contributed by atoms with Crippen molar-refractivity contribution in [3.05, 3.63) is 40.6 Å². The number of nitrogens with one attached hydrogen (secondary N) is 2. The molecular formula is C17H18N2O4S. The summed E-state index contributed by atoms with van der Waals surface area (Å²) in [6.45, 7) is 0. The Morgan fingerprint density at radius 3 is 2.46 bits per heavy atom. The summed E-state index contributed by atoms with van der Waals surface area (Å²) in [6.07, 6.45) is 1.26. The van der Waals surface area contributed by atoms with E-state index in [1.54, 1.807) is 31.4 Å². The Morgan fingerprint density at radius 1 is 1.12 bits per heavy atom. The van der Waals surface area contributed by atoms with E-state index in [4.69, 9.17) is 9.47 Å². The number of ether oxygens (including phenoxy) is 2. The third-order valence-corrected chi connectivity index (χ3v) is 4.79. The van der Waals surface area contributed by atoms with E-state index in [2.05, 4.69) is 10.6 Å². The highest BCUT2D eigenvalue weighted by Gasteiger charge is 2.51. The third-order valence-electron chi connectivity index (χ3n) is 3.92. The van der Waals surface area contributed by atoms with Gasteiger partial charge in [0.25, 0.3) is 5.91 Å². The molecule has 0 bridgehead atoms. The normalized spacial score (nSPS) is 14.6. The molecule has 1 fully saturated rings. The van der Waals surface area contributed by atoms with Crippen LogP contribution in [0.3, 0.4) is 0 Å². The van der Waals surface area contributed by atoms with Crippen LogP contribution >= 0.6 is 11.3 Å². The molecule has 1 aliphatic rings. The minimum atomic E-state index is -0.825. The highest BCUT2D eigenvalue weighted by Crippen LogP contribution is 2.38. The third kappa shape index (κ3) is 3.21. The molecule has 2 aromatic rings. The van der Waals surface area contributed by atoms with E-state index in [0.29, 0.717) is 34.9 Å². The molecule has 1 aromatic heterocycles. The zero-order valence-corrected chi connectivity index (χ0v) is 14.2. The SMILES string of the molecule is COc1ccc(NC(=O)C2(NC(=O)c3cccs3)CC2)cc1OC. The van der Waals surface area contributed by atoms with Gasteiger partial charge < -0.3 is 20.1 Å². The molecule has 126 valence electrons. The van der Waals surface area contributed by atoms with Crippen LogP contribution in [-0.2, 0) is 4.79 Å². The lowest BCUT2D eigenvalue weighted by Gasteiger charge is -2.17. The van der Waals surface area contributed by atoms with Gasteiger partial charge in [0.05, 0.1) is 19.1 Å². The van der Waals surface area contributed by atoms with Gasteiger partial charge in [-0.3, -0.25) is 9.59 Å². The van der Waals surface area contributed by atoms with Gasteiger partial charge in [0, 0.05) is 11.8 Å². The van der Waals surface area contributed by atoms with Gasteiger partial charge >= 0.3 is 0 Å². The molecule has 1 saturated carbocycles. The largest absolute Gasteiger partial charge is 0.493 e. The number of carbonyl (C=O) groups excluding carboxylic acids is 2. The van der Waals surface area contributed by atoms with Crippen LogP contribution in [0.2, 0.25) is 0 Å². The first-order valence-corrected chi connectivity index (χ1v) is 8.35. The first-order valence-electron chi connectivity index (χ1n) is 7.47. The maximum atomic E-state index is 12.6. The molecule has 1 aromatic carbocycles. The lowest BCUT2D eigenvalue weighted by Crippen LogP contribution is -2.45. The monoisotopic (exact) mass is 346 g/mol. The summed E-state index contributed by atoms with van der Waals surface area (Å²) in [7, 11) is 3.09. The maximum Gasteiger partial charge on any atom is 0.262 e. The van der Waals surface area contributed by atoms with Crippen molar-refractivity contribution in [3.63, 3.8) is 0 Å². The number of methoxy groups -OCH3 is 2. The second-order valence-corrected chi connectivity index (χ2v) is 6.49. The van der Waals surface area contributed by atoms with Gasteiger partial charge in [0.2, 0.25) is 5.91 Å². The van der Waals surface area contributed by atoms with Crippen LogP contribution in [0.5, 0.6) is 11.5 Å². The van der Waals surface area contributed by atoms with Crippen molar-refractivity contribution in [3.8, 4) is 11.5 Å². The van der Waals surface area contributed by atoms with Crippen molar-refractivity contribution in [2.24, 2.45) is 0 Å². The fourth-order valence-electron chi connectivity index (χ4n) is 2.39. The molecule has 0 unspecified atom stereocenters. The lowest BCUT2D eigenvalue weighted by atomic mass is 10.2. The van der Waals surface area contributed by atoms with Gasteiger partial charge in [-0.2, -0.15) is 0 Å².